The van der Waals surface area contributed by atoms with Gasteiger partial charge < -0.3 is 5.73 Å². The highest BCUT2D eigenvalue weighted by molar-refractivity contribution is 9.10. The van der Waals surface area contributed by atoms with E-state index in [1.807, 2.05) is 0 Å². The second-order valence-corrected chi connectivity index (χ2v) is 7.62. The molecule has 0 aliphatic carbocycles. The lowest BCUT2D eigenvalue weighted by atomic mass is 10.4. The quantitative estimate of drug-likeness (QED) is 0.760. The van der Waals surface area contributed by atoms with E-state index >= 15 is 0 Å². The number of sulfonamides is 1. The van der Waals surface area contributed by atoms with Crippen LogP contribution in [0.15, 0.2) is 20.8 Å². The maximum absolute atomic E-state index is 12.1. The normalized spacial score (nSPS) is 11.5. The van der Waals surface area contributed by atoms with Gasteiger partial charge in [0.15, 0.2) is 10.0 Å². The van der Waals surface area contributed by atoms with Crippen molar-refractivity contribution < 1.29 is 13.2 Å². The number of nitrogens with two attached hydrogens (primary N) is 1. The number of rotatable bonds is 4. The first-order valence-corrected chi connectivity index (χ1v) is 8.03. The number of thiophene rings is 1. The molecule has 0 aliphatic rings. The van der Waals surface area contributed by atoms with Crippen molar-refractivity contribution in [2.75, 3.05) is 4.72 Å². The SMILES string of the molecule is Cc1cc(Br)c(S(=O)(=O)Nc2cc(C(N)=O)[nH]n2)s1. The highest BCUT2D eigenvalue weighted by Crippen LogP contribution is 2.32. The molecule has 0 saturated carbocycles. The first kappa shape index (κ1) is 14.0. The third kappa shape index (κ3) is 2.96. The number of aryl methyl sites for hydroxylation is 1. The van der Waals surface area contributed by atoms with Crippen LogP contribution in [0.2, 0.25) is 0 Å². The molecule has 10 heteroatoms. The number of aromatic amines is 1. The minimum atomic E-state index is -3.75. The van der Waals surface area contributed by atoms with Crippen molar-refractivity contribution in [2.24, 2.45) is 5.73 Å². The van der Waals surface area contributed by atoms with Crippen molar-refractivity contribution in [3.8, 4) is 0 Å². The van der Waals surface area contributed by atoms with Crippen LogP contribution in [0.4, 0.5) is 5.82 Å². The Kier molecular flexibility index (Phi) is 3.65. The predicted molar refractivity (Wildman–Crippen MR) is 74.7 cm³/mol. The molecule has 19 heavy (non-hydrogen) atoms. The number of carbonyl (C=O) groups excluding carboxylic acids is 1. The van der Waals surface area contributed by atoms with Crippen LogP contribution in [-0.4, -0.2) is 24.5 Å². The molecule has 0 atom stereocenters. The molecule has 0 aromatic carbocycles. The molecule has 2 aromatic heterocycles. The van der Waals surface area contributed by atoms with Crippen LogP contribution in [0.1, 0.15) is 15.4 Å². The van der Waals surface area contributed by atoms with E-state index in [4.69, 9.17) is 5.73 Å². The van der Waals surface area contributed by atoms with E-state index in [2.05, 4.69) is 30.8 Å². The molecule has 0 radical (unpaired) electrons. The lowest BCUT2D eigenvalue weighted by Crippen LogP contribution is -2.12. The molecule has 102 valence electrons. The minimum Gasteiger partial charge on any atom is -0.364 e. The van der Waals surface area contributed by atoms with Crippen molar-refractivity contribution in [2.45, 2.75) is 11.1 Å². The molecule has 2 rings (SSSR count). The van der Waals surface area contributed by atoms with Crippen molar-refractivity contribution >= 4 is 49.0 Å². The number of carbonyl (C=O) groups is 1. The molecule has 1 amide bonds. The summed E-state index contributed by atoms with van der Waals surface area (Å²) in [5.41, 5.74) is 5.06. The summed E-state index contributed by atoms with van der Waals surface area (Å²) < 4.78 is 27.1. The third-order valence-corrected chi connectivity index (χ3v) is 6.19. The van der Waals surface area contributed by atoms with Crippen LogP contribution in [0.25, 0.3) is 0 Å². The van der Waals surface area contributed by atoms with Gasteiger partial charge in [-0.2, -0.15) is 5.10 Å². The maximum atomic E-state index is 12.1. The van der Waals surface area contributed by atoms with E-state index in [-0.39, 0.29) is 15.7 Å². The van der Waals surface area contributed by atoms with Gasteiger partial charge in [-0.1, -0.05) is 0 Å². The van der Waals surface area contributed by atoms with Gasteiger partial charge in [-0.05, 0) is 28.9 Å². The molecule has 0 spiro atoms. The van der Waals surface area contributed by atoms with Crippen molar-refractivity contribution in [1.82, 2.24) is 10.2 Å². The summed E-state index contributed by atoms with van der Waals surface area (Å²) in [7, 11) is -3.75. The highest BCUT2D eigenvalue weighted by atomic mass is 79.9. The number of hydrogen-bond acceptors (Lipinski definition) is 5. The Morgan fingerprint density at radius 2 is 2.21 bits per heavy atom. The van der Waals surface area contributed by atoms with Gasteiger partial charge in [0.2, 0.25) is 0 Å². The van der Waals surface area contributed by atoms with Gasteiger partial charge in [-0.3, -0.25) is 14.6 Å². The van der Waals surface area contributed by atoms with E-state index in [0.29, 0.717) is 4.47 Å². The highest BCUT2D eigenvalue weighted by Gasteiger charge is 2.22. The number of nitrogens with one attached hydrogen (secondary N) is 2. The van der Waals surface area contributed by atoms with Crippen LogP contribution in [0.3, 0.4) is 0 Å². The summed E-state index contributed by atoms with van der Waals surface area (Å²) in [6.45, 7) is 1.80. The number of hydrogen-bond donors (Lipinski definition) is 3. The number of primary amides is 1. The third-order valence-electron chi connectivity index (χ3n) is 2.10. The Balaban J connectivity index is 2.31. The number of anilines is 1. The van der Waals surface area contributed by atoms with Gasteiger partial charge in [0, 0.05) is 15.4 Å². The van der Waals surface area contributed by atoms with E-state index in [1.54, 1.807) is 13.0 Å². The predicted octanol–water partition coefficient (Wildman–Crippen LogP) is 1.44. The Morgan fingerprint density at radius 1 is 1.53 bits per heavy atom. The molecular weight excluding hydrogens is 356 g/mol. The molecule has 0 saturated heterocycles. The summed E-state index contributed by atoms with van der Waals surface area (Å²) in [4.78, 5) is 11.7. The summed E-state index contributed by atoms with van der Waals surface area (Å²) in [5, 5.41) is 6.00. The van der Waals surface area contributed by atoms with Gasteiger partial charge >= 0.3 is 0 Å². The second kappa shape index (κ2) is 4.94. The van der Waals surface area contributed by atoms with Crippen LogP contribution >= 0.6 is 27.3 Å². The van der Waals surface area contributed by atoms with Crippen LogP contribution in [0, 0.1) is 6.92 Å². The first-order chi connectivity index (χ1) is 8.79. The zero-order valence-corrected chi connectivity index (χ0v) is 12.8. The molecular formula is C9H9BrN4O3S2. The van der Waals surface area contributed by atoms with E-state index in [1.165, 1.54) is 6.07 Å². The number of amides is 1. The van der Waals surface area contributed by atoms with E-state index < -0.39 is 15.9 Å². The van der Waals surface area contributed by atoms with Crippen LogP contribution in [0.5, 0.6) is 0 Å². The van der Waals surface area contributed by atoms with Gasteiger partial charge in [0.1, 0.15) is 5.69 Å². The van der Waals surface area contributed by atoms with Crippen LogP contribution < -0.4 is 10.5 Å². The van der Waals surface area contributed by atoms with E-state index in [0.717, 1.165) is 16.2 Å². The lowest BCUT2D eigenvalue weighted by Gasteiger charge is -2.02. The zero-order valence-electron chi connectivity index (χ0n) is 9.60. The van der Waals surface area contributed by atoms with E-state index in [9.17, 15) is 13.2 Å². The number of H-pyrrole nitrogens is 1. The number of aromatic nitrogens is 2. The smallest absolute Gasteiger partial charge is 0.273 e. The maximum Gasteiger partial charge on any atom is 0.273 e. The monoisotopic (exact) mass is 364 g/mol. The molecule has 4 N–H and O–H groups in total. The molecule has 7 nitrogen and oxygen atoms in total. The molecule has 0 bridgehead atoms. The fourth-order valence-electron chi connectivity index (χ4n) is 1.33. The Morgan fingerprint density at radius 3 is 2.68 bits per heavy atom. The average Bonchev–Trinajstić information content (AvgIpc) is 2.85. The Bertz CT molecular complexity index is 734. The Labute approximate surface area is 121 Å². The zero-order chi connectivity index (χ0) is 14.2. The van der Waals surface area contributed by atoms with Crippen molar-refractivity contribution in [1.29, 1.82) is 0 Å². The summed E-state index contributed by atoms with van der Waals surface area (Å²) in [5.74, 6) is -0.710. The largest absolute Gasteiger partial charge is 0.364 e. The number of halogens is 1. The van der Waals surface area contributed by atoms with Crippen molar-refractivity contribution in [3.63, 3.8) is 0 Å². The minimum absolute atomic E-state index is 0.00625. The Hall–Kier alpha value is -1.39. The van der Waals surface area contributed by atoms with Gasteiger partial charge in [-0.15, -0.1) is 11.3 Å². The fraction of sp³-hybridized carbons (Fsp3) is 0.111. The van der Waals surface area contributed by atoms with Gasteiger partial charge in [-0.25, -0.2) is 8.42 Å². The van der Waals surface area contributed by atoms with Crippen LogP contribution in [-0.2, 0) is 10.0 Å². The summed E-state index contributed by atoms with van der Waals surface area (Å²) >= 11 is 4.31. The standard InChI is InChI=1S/C9H9BrN4O3S2/c1-4-2-5(10)9(18-4)19(16,17)14-7-3-6(8(11)15)12-13-7/h2-3H,1H3,(H2,11,15)(H2,12,13,14). The van der Waals surface area contributed by atoms with Crippen molar-refractivity contribution in [3.05, 3.63) is 27.2 Å². The van der Waals surface area contributed by atoms with Gasteiger partial charge in [0.25, 0.3) is 15.9 Å². The first-order valence-electron chi connectivity index (χ1n) is 4.93. The lowest BCUT2D eigenvalue weighted by molar-refractivity contribution is 0.0995. The molecule has 0 aliphatic heterocycles. The fourth-order valence-corrected chi connectivity index (χ4v) is 5.08. The summed E-state index contributed by atoms with van der Waals surface area (Å²) in [6.07, 6.45) is 0. The molecule has 2 aromatic rings. The molecule has 2 heterocycles. The second-order valence-electron chi connectivity index (χ2n) is 3.63. The van der Waals surface area contributed by atoms with Gasteiger partial charge in [0.05, 0.1) is 0 Å². The topological polar surface area (TPSA) is 118 Å². The molecule has 0 unspecified atom stereocenters. The average molecular weight is 365 g/mol. The molecule has 0 fully saturated rings. The summed E-state index contributed by atoms with van der Waals surface area (Å²) in [6, 6.07) is 2.94. The number of nitrogens with zero attached hydrogens (tertiary/aromatic N) is 1.